The van der Waals surface area contributed by atoms with Gasteiger partial charge in [-0.05, 0) is 5.92 Å². The molecule has 0 unspecified atom stereocenters. The summed E-state index contributed by atoms with van der Waals surface area (Å²) in [6, 6.07) is 6.00. The lowest BCUT2D eigenvalue weighted by Gasteiger charge is -2.61. The molecule has 0 aromatic rings. The maximum atomic E-state index is 9.70. The minimum absolute atomic E-state index is 0.133. The number of hydrogen-bond acceptors (Lipinski definition) is 6. The minimum Gasteiger partial charge on any atom is -0.448 e. The molecular formula is C14H16N4O2. The van der Waals surface area contributed by atoms with Gasteiger partial charge in [0.05, 0.1) is 30.2 Å². The average molecular weight is 272 g/mol. The zero-order valence-electron chi connectivity index (χ0n) is 11.9. The second-order valence-corrected chi connectivity index (χ2v) is 5.90. The van der Waals surface area contributed by atoms with Crippen molar-refractivity contribution in [2.45, 2.75) is 39.6 Å². The van der Waals surface area contributed by atoms with Gasteiger partial charge in [0.15, 0.2) is 10.8 Å². The molecule has 0 amide bonds. The van der Waals surface area contributed by atoms with Crippen LogP contribution < -0.4 is 0 Å². The lowest BCUT2D eigenvalue weighted by molar-refractivity contribution is -0.342. The third-order valence-electron chi connectivity index (χ3n) is 4.64. The zero-order chi connectivity index (χ0) is 15.3. The first-order valence-electron chi connectivity index (χ1n) is 6.45. The van der Waals surface area contributed by atoms with Crippen LogP contribution in [0.5, 0.6) is 0 Å². The highest BCUT2D eigenvalue weighted by molar-refractivity contribution is 5.88. The van der Waals surface area contributed by atoms with Crippen molar-refractivity contribution in [2.24, 2.45) is 22.7 Å². The molecule has 3 aliphatic rings. The summed E-state index contributed by atoms with van der Waals surface area (Å²) in [6.45, 7) is 6.95. The summed E-state index contributed by atoms with van der Waals surface area (Å²) < 4.78 is 11.3. The number of nitriles is 3. The van der Waals surface area contributed by atoms with E-state index in [0.717, 1.165) is 0 Å². The van der Waals surface area contributed by atoms with Crippen molar-refractivity contribution >= 4 is 5.90 Å². The fraction of sp³-hybridized carbons (Fsp3) is 0.714. The van der Waals surface area contributed by atoms with E-state index in [0.29, 0.717) is 0 Å². The second-order valence-electron chi connectivity index (χ2n) is 5.90. The Balaban J connectivity index is 2.83. The standard InChI is InChI=1S/C14H16N4O2/c1-8(2)10-14(7-17)11(18)20-12(4,19-10)9(3)13(14,5-15)6-16/h8-10,18H,1-4H3/t9-,10+,12+,14-/m0/s1. The Morgan fingerprint density at radius 3 is 2.15 bits per heavy atom. The van der Waals surface area contributed by atoms with E-state index in [4.69, 9.17) is 14.9 Å². The highest BCUT2D eigenvalue weighted by atomic mass is 16.7. The fourth-order valence-electron chi connectivity index (χ4n) is 3.34. The number of ether oxygens (including phenoxy) is 2. The van der Waals surface area contributed by atoms with Gasteiger partial charge in [0.1, 0.15) is 0 Å². The van der Waals surface area contributed by atoms with Crippen molar-refractivity contribution < 1.29 is 9.47 Å². The first kappa shape index (κ1) is 14.3. The SMILES string of the molecule is CC(C)[C@H]1O[C@]2(C)OC(=N)[C@@]1(C#N)C(C#N)(C#N)[C@H]2C. The quantitative estimate of drug-likeness (QED) is 0.783. The smallest absolute Gasteiger partial charge is 0.214 e. The van der Waals surface area contributed by atoms with E-state index in [1.165, 1.54) is 0 Å². The molecule has 0 radical (unpaired) electrons. The molecule has 3 rings (SSSR count). The van der Waals surface area contributed by atoms with Gasteiger partial charge in [0, 0.05) is 6.92 Å². The molecule has 2 bridgehead atoms. The zero-order valence-corrected chi connectivity index (χ0v) is 11.9. The number of nitrogens with zero attached hydrogens (tertiary/aromatic N) is 3. The highest BCUT2D eigenvalue weighted by Crippen LogP contribution is 2.62. The van der Waals surface area contributed by atoms with E-state index < -0.39 is 28.6 Å². The van der Waals surface area contributed by atoms with Crippen molar-refractivity contribution in [3.8, 4) is 18.2 Å². The van der Waals surface area contributed by atoms with E-state index >= 15 is 0 Å². The van der Waals surface area contributed by atoms with Gasteiger partial charge < -0.3 is 9.47 Å². The average Bonchev–Trinajstić information content (AvgIpc) is 2.40. The van der Waals surface area contributed by atoms with Crippen LogP contribution in [-0.4, -0.2) is 17.8 Å². The Bertz CT molecular complexity index is 580. The molecule has 1 N–H and O–H groups in total. The molecule has 3 heterocycles. The second kappa shape index (κ2) is 3.95. The van der Waals surface area contributed by atoms with Gasteiger partial charge in [-0.15, -0.1) is 0 Å². The Hall–Kier alpha value is -2.10. The maximum absolute atomic E-state index is 9.70. The third kappa shape index (κ3) is 1.22. The van der Waals surface area contributed by atoms with Crippen molar-refractivity contribution in [3.63, 3.8) is 0 Å². The molecule has 6 nitrogen and oxygen atoms in total. The van der Waals surface area contributed by atoms with Gasteiger partial charge >= 0.3 is 0 Å². The van der Waals surface area contributed by atoms with Gasteiger partial charge in [0.2, 0.25) is 11.7 Å². The fourth-order valence-corrected chi connectivity index (χ4v) is 3.34. The van der Waals surface area contributed by atoms with Crippen LogP contribution in [0.4, 0.5) is 0 Å². The summed E-state index contributed by atoms with van der Waals surface area (Å²) in [4.78, 5) is 0. The molecule has 6 heteroatoms. The predicted molar refractivity (Wildman–Crippen MR) is 67.8 cm³/mol. The Labute approximate surface area is 118 Å². The molecule has 0 saturated carbocycles. The molecule has 0 spiro atoms. The molecule has 0 aromatic heterocycles. The Morgan fingerprint density at radius 1 is 1.20 bits per heavy atom. The number of fused-ring (bicyclic) bond motifs is 3. The number of rotatable bonds is 1. The lowest BCUT2D eigenvalue weighted by Crippen LogP contribution is -2.74. The van der Waals surface area contributed by atoms with Crippen LogP contribution in [0.3, 0.4) is 0 Å². The van der Waals surface area contributed by atoms with Gasteiger partial charge in [0.25, 0.3) is 0 Å². The van der Waals surface area contributed by atoms with Crippen LogP contribution >= 0.6 is 0 Å². The molecule has 3 aliphatic heterocycles. The number of nitrogens with one attached hydrogen (secondary N) is 1. The first-order chi connectivity index (χ1) is 9.25. The van der Waals surface area contributed by atoms with E-state index in [9.17, 15) is 15.8 Å². The Morgan fingerprint density at radius 2 is 1.75 bits per heavy atom. The summed E-state index contributed by atoms with van der Waals surface area (Å²) in [5.41, 5.74) is -3.35. The van der Waals surface area contributed by atoms with Crippen molar-refractivity contribution in [1.82, 2.24) is 0 Å². The summed E-state index contributed by atoms with van der Waals surface area (Å²) >= 11 is 0. The van der Waals surface area contributed by atoms with Crippen molar-refractivity contribution in [3.05, 3.63) is 0 Å². The molecule has 3 fully saturated rings. The maximum Gasteiger partial charge on any atom is 0.214 e. The summed E-state index contributed by atoms with van der Waals surface area (Å²) in [5.74, 6) is -2.36. The molecule has 104 valence electrons. The van der Waals surface area contributed by atoms with Gasteiger partial charge in [-0.2, -0.15) is 15.8 Å². The normalized spacial score (nSPS) is 41.4. The lowest BCUT2D eigenvalue weighted by atomic mass is 9.50. The molecule has 0 aromatic carbocycles. The third-order valence-corrected chi connectivity index (χ3v) is 4.64. The summed E-state index contributed by atoms with van der Waals surface area (Å²) in [6.07, 6.45) is -0.728. The van der Waals surface area contributed by atoms with Crippen LogP contribution in [0.15, 0.2) is 0 Å². The van der Waals surface area contributed by atoms with Crippen molar-refractivity contribution in [1.29, 1.82) is 21.2 Å². The molecule has 0 aliphatic carbocycles. The van der Waals surface area contributed by atoms with Crippen molar-refractivity contribution in [2.75, 3.05) is 0 Å². The van der Waals surface area contributed by atoms with E-state index in [2.05, 4.69) is 0 Å². The van der Waals surface area contributed by atoms with Crippen LogP contribution in [0.2, 0.25) is 0 Å². The molecule has 3 saturated heterocycles. The van der Waals surface area contributed by atoms with Gasteiger partial charge in [-0.25, -0.2) is 0 Å². The molecule has 20 heavy (non-hydrogen) atoms. The summed E-state index contributed by atoms with van der Waals surface area (Å²) in [5, 5.41) is 37.1. The van der Waals surface area contributed by atoms with E-state index in [1.54, 1.807) is 13.8 Å². The van der Waals surface area contributed by atoms with E-state index in [-0.39, 0.29) is 11.8 Å². The largest absolute Gasteiger partial charge is 0.448 e. The topological polar surface area (TPSA) is 114 Å². The number of hydrogen-bond donors (Lipinski definition) is 1. The molecule has 4 atom stereocenters. The predicted octanol–water partition coefficient (Wildman–Crippen LogP) is 1.94. The van der Waals surface area contributed by atoms with Crippen LogP contribution in [0.1, 0.15) is 27.7 Å². The monoisotopic (exact) mass is 272 g/mol. The Kier molecular flexibility index (Phi) is 2.82. The van der Waals surface area contributed by atoms with Gasteiger partial charge in [-0.1, -0.05) is 20.8 Å². The molecular weight excluding hydrogens is 256 g/mol. The van der Waals surface area contributed by atoms with E-state index in [1.807, 2.05) is 32.1 Å². The van der Waals surface area contributed by atoms with Crippen LogP contribution in [0, 0.1) is 62.1 Å². The van der Waals surface area contributed by atoms with Crippen LogP contribution in [-0.2, 0) is 9.47 Å². The van der Waals surface area contributed by atoms with Crippen LogP contribution in [0.25, 0.3) is 0 Å². The first-order valence-corrected chi connectivity index (χ1v) is 6.45. The summed E-state index contributed by atoms with van der Waals surface area (Å²) in [7, 11) is 0. The minimum atomic E-state index is -1.69. The van der Waals surface area contributed by atoms with Gasteiger partial charge in [-0.3, -0.25) is 5.41 Å². The highest BCUT2D eigenvalue weighted by Gasteiger charge is 2.77.